The molecular formula is C23H29N3O2. The molecule has 1 amide bonds. The number of ether oxygens (including phenoxy) is 1. The van der Waals surface area contributed by atoms with Gasteiger partial charge in [0.15, 0.2) is 0 Å². The van der Waals surface area contributed by atoms with E-state index in [1.165, 1.54) is 25.9 Å². The summed E-state index contributed by atoms with van der Waals surface area (Å²) in [6.45, 7) is 6.01. The molecule has 4 heterocycles. The van der Waals surface area contributed by atoms with E-state index in [1.54, 1.807) is 6.20 Å². The fourth-order valence-corrected chi connectivity index (χ4v) is 5.31. The molecule has 3 saturated heterocycles. The van der Waals surface area contributed by atoms with Crippen molar-refractivity contribution in [3.63, 3.8) is 0 Å². The van der Waals surface area contributed by atoms with E-state index in [0.717, 1.165) is 56.4 Å². The second kappa shape index (κ2) is 7.45. The second-order valence-corrected chi connectivity index (χ2v) is 8.82. The highest BCUT2D eigenvalue weighted by molar-refractivity contribution is 5.97. The number of carbonyl (C=O) groups excluding carboxylic acids is 1. The minimum atomic E-state index is -0.136. The molecule has 1 aromatic carbocycles. The van der Waals surface area contributed by atoms with Crippen molar-refractivity contribution in [3.8, 4) is 0 Å². The Hall–Kier alpha value is -1.98. The number of aromatic nitrogens is 1. The van der Waals surface area contributed by atoms with Gasteiger partial charge in [0.2, 0.25) is 0 Å². The van der Waals surface area contributed by atoms with Crippen LogP contribution in [-0.2, 0) is 4.74 Å². The minimum Gasteiger partial charge on any atom is -0.373 e. The van der Waals surface area contributed by atoms with E-state index in [-0.39, 0.29) is 11.5 Å². The molecule has 0 radical (unpaired) electrons. The lowest BCUT2D eigenvalue weighted by Crippen LogP contribution is -2.50. The molecule has 5 heteroatoms. The number of para-hydroxylation sites is 1. The topological polar surface area (TPSA) is 45.7 Å². The van der Waals surface area contributed by atoms with Gasteiger partial charge in [-0.1, -0.05) is 18.2 Å². The zero-order valence-electron chi connectivity index (χ0n) is 16.5. The molecule has 28 heavy (non-hydrogen) atoms. The fourth-order valence-electron chi connectivity index (χ4n) is 5.31. The summed E-state index contributed by atoms with van der Waals surface area (Å²) in [4.78, 5) is 22.2. The van der Waals surface area contributed by atoms with Crippen LogP contribution < -0.4 is 0 Å². The van der Waals surface area contributed by atoms with Gasteiger partial charge in [-0.15, -0.1) is 0 Å². The van der Waals surface area contributed by atoms with Crippen LogP contribution in [0.15, 0.2) is 36.5 Å². The molecule has 1 aromatic heterocycles. The highest BCUT2D eigenvalue weighted by Crippen LogP contribution is 2.38. The van der Waals surface area contributed by atoms with Gasteiger partial charge in [0.1, 0.15) is 0 Å². The Kier molecular flexibility index (Phi) is 4.81. The lowest BCUT2D eigenvalue weighted by atomic mass is 9.86. The quantitative estimate of drug-likeness (QED) is 0.821. The van der Waals surface area contributed by atoms with Crippen LogP contribution in [0, 0.1) is 5.92 Å². The monoisotopic (exact) mass is 379 g/mol. The van der Waals surface area contributed by atoms with Crippen LogP contribution >= 0.6 is 0 Å². The first-order valence-electron chi connectivity index (χ1n) is 10.7. The number of likely N-dealkylation sites (tertiary alicyclic amines) is 2. The smallest absolute Gasteiger partial charge is 0.255 e. The first-order valence-corrected chi connectivity index (χ1v) is 10.7. The van der Waals surface area contributed by atoms with Crippen molar-refractivity contribution in [2.45, 2.75) is 37.7 Å². The lowest BCUT2D eigenvalue weighted by molar-refractivity contribution is -0.0450. The summed E-state index contributed by atoms with van der Waals surface area (Å²) < 4.78 is 6.35. The Balaban J connectivity index is 1.27. The van der Waals surface area contributed by atoms with Gasteiger partial charge < -0.3 is 14.5 Å². The zero-order chi connectivity index (χ0) is 19.0. The van der Waals surface area contributed by atoms with Crippen molar-refractivity contribution in [3.05, 3.63) is 42.1 Å². The number of benzene rings is 1. The highest BCUT2D eigenvalue weighted by Gasteiger charge is 2.44. The van der Waals surface area contributed by atoms with Gasteiger partial charge in [-0.25, -0.2) is 0 Å². The summed E-state index contributed by atoms with van der Waals surface area (Å²) in [5.41, 5.74) is 1.48. The average Bonchev–Trinajstić information content (AvgIpc) is 3.38. The molecule has 3 aliphatic heterocycles. The average molecular weight is 380 g/mol. The third kappa shape index (κ3) is 3.53. The van der Waals surface area contributed by atoms with Gasteiger partial charge in [0, 0.05) is 31.2 Å². The van der Waals surface area contributed by atoms with Crippen LogP contribution in [0.2, 0.25) is 0 Å². The Labute approximate surface area is 166 Å². The number of hydrogen-bond donors (Lipinski definition) is 0. The third-order valence-electron chi connectivity index (χ3n) is 6.67. The van der Waals surface area contributed by atoms with Crippen molar-refractivity contribution in [1.29, 1.82) is 0 Å². The van der Waals surface area contributed by atoms with Crippen molar-refractivity contribution >= 4 is 16.8 Å². The normalized spacial score (nSPS) is 28.4. The van der Waals surface area contributed by atoms with E-state index in [9.17, 15) is 4.79 Å². The Morgan fingerprint density at radius 2 is 2.04 bits per heavy atom. The van der Waals surface area contributed by atoms with Crippen LogP contribution in [-0.4, -0.2) is 65.6 Å². The second-order valence-electron chi connectivity index (χ2n) is 8.82. The van der Waals surface area contributed by atoms with Crippen LogP contribution in [0.4, 0.5) is 0 Å². The van der Waals surface area contributed by atoms with Crippen LogP contribution in [0.25, 0.3) is 10.9 Å². The molecule has 3 fully saturated rings. The standard InChI is InChI=1S/C23H29N3O2/c27-22(20-12-19-6-1-2-7-21(19)24-14-20)26-11-5-8-23(17-26)13-18(16-28-23)15-25-9-3-4-10-25/h1-2,6-7,12,14,18H,3-5,8-11,13,15-17H2/t18-,23-/m0/s1. The predicted octanol–water partition coefficient (Wildman–Crippen LogP) is 3.34. The largest absolute Gasteiger partial charge is 0.373 e. The highest BCUT2D eigenvalue weighted by atomic mass is 16.5. The van der Waals surface area contributed by atoms with E-state index >= 15 is 0 Å². The maximum Gasteiger partial charge on any atom is 0.255 e. The number of fused-ring (bicyclic) bond motifs is 1. The summed E-state index contributed by atoms with van der Waals surface area (Å²) in [6.07, 6.45) is 7.56. The molecule has 1 spiro atoms. The van der Waals surface area contributed by atoms with Gasteiger partial charge in [-0.2, -0.15) is 0 Å². The number of pyridine rings is 1. The van der Waals surface area contributed by atoms with Crippen molar-refractivity contribution in [2.75, 3.05) is 39.3 Å². The molecule has 0 unspecified atom stereocenters. The number of nitrogens with zero attached hydrogens (tertiary/aromatic N) is 3. The van der Waals surface area contributed by atoms with E-state index in [4.69, 9.17) is 4.74 Å². The summed E-state index contributed by atoms with van der Waals surface area (Å²) >= 11 is 0. The van der Waals surface area contributed by atoms with E-state index in [2.05, 4.69) is 9.88 Å². The minimum absolute atomic E-state index is 0.0870. The maximum absolute atomic E-state index is 13.2. The van der Waals surface area contributed by atoms with Gasteiger partial charge in [0.05, 0.1) is 23.3 Å². The first kappa shape index (κ1) is 18.1. The molecule has 148 valence electrons. The SMILES string of the molecule is O=C(c1cnc2ccccc2c1)N1CCC[C@]2(C[C@@H](CN3CCCC3)CO2)C1. The first-order chi connectivity index (χ1) is 13.7. The Morgan fingerprint density at radius 3 is 2.93 bits per heavy atom. The van der Waals surface area contributed by atoms with Crippen LogP contribution in [0.1, 0.15) is 42.5 Å². The summed E-state index contributed by atoms with van der Waals surface area (Å²) in [5, 5.41) is 1.02. The molecule has 2 atom stereocenters. The molecule has 5 nitrogen and oxygen atoms in total. The number of rotatable bonds is 3. The number of carbonyl (C=O) groups is 1. The molecular weight excluding hydrogens is 350 g/mol. The molecule has 5 rings (SSSR count). The van der Waals surface area contributed by atoms with E-state index < -0.39 is 0 Å². The predicted molar refractivity (Wildman–Crippen MR) is 109 cm³/mol. The van der Waals surface area contributed by atoms with Gasteiger partial charge in [-0.3, -0.25) is 9.78 Å². The number of piperidine rings is 1. The summed E-state index contributed by atoms with van der Waals surface area (Å²) in [7, 11) is 0. The third-order valence-corrected chi connectivity index (χ3v) is 6.67. The number of amides is 1. The Bertz CT molecular complexity index is 864. The molecule has 2 aromatic rings. The summed E-state index contributed by atoms with van der Waals surface area (Å²) in [5.74, 6) is 0.694. The van der Waals surface area contributed by atoms with Crippen molar-refractivity contribution < 1.29 is 9.53 Å². The fraction of sp³-hybridized carbons (Fsp3) is 0.565. The van der Waals surface area contributed by atoms with Crippen molar-refractivity contribution in [1.82, 2.24) is 14.8 Å². The zero-order valence-corrected chi connectivity index (χ0v) is 16.5. The Morgan fingerprint density at radius 1 is 1.18 bits per heavy atom. The summed E-state index contributed by atoms with van der Waals surface area (Å²) in [6, 6.07) is 9.92. The molecule has 0 saturated carbocycles. The van der Waals surface area contributed by atoms with Gasteiger partial charge in [-0.05, 0) is 63.2 Å². The lowest BCUT2D eigenvalue weighted by Gasteiger charge is -2.40. The van der Waals surface area contributed by atoms with Crippen LogP contribution in [0.3, 0.4) is 0 Å². The molecule has 0 bridgehead atoms. The number of hydrogen-bond acceptors (Lipinski definition) is 4. The molecule has 0 aliphatic carbocycles. The molecule has 0 N–H and O–H groups in total. The van der Waals surface area contributed by atoms with Gasteiger partial charge >= 0.3 is 0 Å². The van der Waals surface area contributed by atoms with Gasteiger partial charge in [0.25, 0.3) is 5.91 Å². The van der Waals surface area contributed by atoms with E-state index in [0.29, 0.717) is 11.5 Å². The maximum atomic E-state index is 13.2. The van der Waals surface area contributed by atoms with E-state index in [1.807, 2.05) is 35.2 Å². The van der Waals surface area contributed by atoms with Crippen LogP contribution in [0.5, 0.6) is 0 Å². The molecule has 3 aliphatic rings. The van der Waals surface area contributed by atoms with Crippen molar-refractivity contribution in [2.24, 2.45) is 5.92 Å².